The fourth-order valence-corrected chi connectivity index (χ4v) is 3.65. The Hall–Kier alpha value is -3.78. The molecule has 0 fully saturated rings. The Morgan fingerprint density at radius 1 is 0.585 bits per heavy atom. The molecule has 4 rings (SSSR count). The number of rotatable bonds is 3. The maximum absolute atomic E-state index is 11.6. The van der Waals surface area contributed by atoms with Gasteiger partial charge in [-0.25, -0.2) is 0 Å². The Balaban J connectivity index is 0.000000228. The van der Waals surface area contributed by atoms with Gasteiger partial charge in [-0.15, -0.1) is 0 Å². The highest BCUT2D eigenvalue weighted by Crippen LogP contribution is 2.35. The maximum Gasteiger partial charge on any atom is 0.284 e. The lowest BCUT2D eigenvalue weighted by molar-refractivity contribution is -0.385. The lowest BCUT2D eigenvalue weighted by atomic mass is 10.1. The number of ether oxygens (including phenoxy) is 8. The van der Waals surface area contributed by atoms with Gasteiger partial charge in [0.05, 0.1) is 69.4 Å². The van der Waals surface area contributed by atoms with E-state index in [1.165, 1.54) is 26.0 Å². The van der Waals surface area contributed by atoms with Crippen LogP contribution >= 0.6 is 0 Å². The van der Waals surface area contributed by atoms with Crippen molar-refractivity contribution >= 4 is 17.3 Å². The van der Waals surface area contributed by atoms with Crippen molar-refractivity contribution in [2.24, 2.45) is 0 Å². The number of hydrogen-bond donors (Lipinski definition) is 0. The number of carbonyl (C=O) groups excluding carboxylic acids is 2. The predicted molar refractivity (Wildman–Crippen MR) is 145 cm³/mol. The van der Waals surface area contributed by atoms with E-state index in [2.05, 4.69) is 0 Å². The molecule has 0 saturated heterocycles. The summed E-state index contributed by atoms with van der Waals surface area (Å²) in [5.41, 5.74) is 0.280. The van der Waals surface area contributed by atoms with Gasteiger partial charge in [0.2, 0.25) is 0 Å². The van der Waals surface area contributed by atoms with Crippen LogP contribution in [0.3, 0.4) is 0 Å². The molecule has 41 heavy (non-hydrogen) atoms. The Bertz CT molecular complexity index is 1120. The largest absolute Gasteiger partial charge is 0.487 e. The maximum atomic E-state index is 11.6. The van der Waals surface area contributed by atoms with Crippen molar-refractivity contribution < 1.29 is 52.4 Å². The van der Waals surface area contributed by atoms with Gasteiger partial charge in [-0.2, -0.15) is 0 Å². The van der Waals surface area contributed by atoms with Crippen LogP contribution in [-0.4, -0.2) is 95.8 Å². The number of fused-ring (bicyclic) bond motifs is 2. The molecule has 0 aliphatic carbocycles. The van der Waals surface area contributed by atoms with Gasteiger partial charge in [0, 0.05) is 11.6 Å². The highest BCUT2D eigenvalue weighted by atomic mass is 16.6. The van der Waals surface area contributed by atoms with Crippen LogP contribution in [0.25, 0.3) is 0 Å². The number of benzene rings is 2. The van der Waals surface area contributed by atoms with Crippen molar-refractivity contribution in [1.82, 2.24) is 0 Å². The molecule has 13 heteroatoms. The molecule has 0 radical (unpaired) electrons. The van der Waals surface area contributed by atoms with Crippen molar-refractivity contribution in [3.8, 4) is 23.0 Å². The molecule has 2 aliphatic rings. The number of Topliss-reactive ketones (excluding diaryl/α,β-unsaturated/α-hetero) is 2. The molecule has 0 N–H and O–H groups in total. The second-order valence-electron chi connectivity index (χ2n) is 8.69. The minimum atomic E-state index is -0.615. The second-order valence-corrected chi connectivity index (χ2v) is 8.69. The zero-order valence-corrected chi connectivity index (χ0v) is 23.2. The first kappa shape index (κ1) is 31.7. The van der Waals surface area contributed by atoms with Crippen LogP contribution in [0.5, 0.6) is 23.0 Å². The predicted octanol–water partition coefficient (Wildman–Crippen LogP) is 3.30. The van der Waals surface area contributed by atoms with Crippen molar-refractivity contribution in [2.75, 3.05) is 79.3 Å². The van der Waals surface area contributed by atoms with E-state index in [9.17, 15) is 19.7 Å². The Kier molecular flexibility index (Phi) is 13.3. The number of hydrogen-bond acceptors (Lipinski definition) is 12. The highest BCUT2D eigenvalue weighted by molar-refractivity contribution is 5.99. The minimum absolute atomic E-state index is 0.00269. The average Bonchev–Trinajstić information content (AvgIpc) is 2.93. The summed E-state index contributed by atoms with van der Waals surface area (Å²) >= 11 is 0. The molecule has 0 atom stereocenters. The third kappa shape index (κ3) is 10.6. The highest BCUT2D eigenvalue weighted by Gasteiger charge is 2.23. The van der Waals surface area contributed by atoms with Gasteiger partial charge >= 0.3 is 0 Å². The average molecular weight is 578 g/mol. The van der Waals surface area contributed by atoms with Gasteiger partial charge in [0.1, 0.15) is 26.4 Å². The number of ketones is 2. The SMILES string of the molecule is CC(=O)c1cc2c(cc1[N+](=O)[O-])OCCOCCOCCO2.CC(=O)c1ccc2c(c1)OCCOCCOCCO2. The van der Waals surface area contributed by atoms with E-state index in [0.29, 0.717) is 83.1 Å². The van der Waals surface area contributed by atoms with Gasteiger partial charge in [0.25, 0.3) is 5.69 Å². The Morgan fingerprint density at radius 3 is 1.44 bits per heavy atom. The van der Waals surface area contributed by atoms with Gasteiger partial charge in [0.15, 0.2) is 34.6 Å². The van der Waals surface area contributed by atoms with Crippen LogP contribution in [0.4, 0.5) is 5.69 Å². The molecular weight excluding hydrogens is 542 g/mol. The van der Waals surface area contributed by atoms with Gasteiger partial charge in [-0.05, 0) is 32.0 Å². The smallest absolute Gasteiger partial charge is 0.284 e. The van der Waals surface area contributed by atoms with E-state index in [4.69, 9.17) is 37.9 Å². The summed E-state index contributed by atoms with van der Waals surface area (Å²) in [5, 5.41) is 11.1. The van der Waals surface area contributed by atoms with E-state index >= 15 is 0 Å². The molecule has 2 aromatic carbocycles. The van der Waals surface area contributed by atoms with E-state index in [0.717, 1.165) is 0 Å². The molecule has 2 heterocycles. The molecule has 13 nitrogen and oxygen atoms in total. The number of nitro groups is 1. The molecule has 0 amide bonds. The minimum Gasteiger partial charge on any atom is -0.487 e. The molecule has 2 aromatic rings. The lowest BCUT2D eigenvalue weighted by Gasteiger charge is -2.15. The summed E-state index contributed by atoms with van der Waals surface area (Å²) in [6.45, 7) is 7.74. The van der Waals surface area contributed by atoms with Crippen LogP contribution in [0, 0.1) is 10.1 Å². The summed E-state index contributed by atoms with van der Waals surface area (Å²) in [5.74, 6) is 1.26. The molecule has 2 aliphatic heterocycles. The van der Waals surface area contributed by atoms with Gasteiger partial charge in [-0.3, -0.25) is 19.7 Å². The first-order chi connectivity index (χ1) is 19.9. The summed E-state index contributed by atoms with van der Waals surface area (Å²) in [6, 6.07) is 7.72. The summed E-state index contributed by atoms with van der Waals surface area (Å²) in [4.78, 5) is 33.4. The van der Waals surface area contributed by atoms with Crippen molar-refractivity contribution in [3.63, 3.8) is 0 Å². The quantitative estimate of drug-likeness (QED) is 0.299. The van der Waals surface area contributed by atoms with Crippen LogP contribution < -0.4 is 18.9 Å². The van der Waals surface area contributed by atoms with E-state index < -0.39 is 10.7 Å². The summed E-state index contributed by atoms with van der Waals surface area (Å²) in [6.07, 6.45) is 0. The lowest BCUT2D eigenvalue weighted by Crippen LogP contribution is -2.16. The van der Waals surface area contributed by atoms with E-state index in [1.807, 2.05) is 0 Å². The molecule has 0 bridgehead atoms. The number of carbonyl (C=O) groups is 2. The molecule has 0 saturated carbocycles. The van der Waals surface area contributed by atoms with Crippen LogP contribution in [0.15, 0.2) is 30.3 Å². The zero-order chi connectivity index (χ0) is 29.5. The second kappa shape index (κ2) is 17.1. The molecule has 0 unspecified atom stereocenters. The van der Waals surface area contributed by atoms with Crippen LogP contribution in [0.1, 0.15) is 34.6 Å². The number of nitrogens with zero attached hydrogens (tertiary/aromatic N) is 1. The molecule has 224 valence electrons. The monoisotopic (exact) mass is 577 g/mol. The fourth-order valence-electron chi connectivity index (χ4n) is 3.65. The Labute approximate surface area is 237 Å². The van der Waals surface area contributed by atoms with Crippen molar-refractivity contribution in [2.45, 2.75) is 13.8 Å². The van der Waals surface area contributed by atoms with Crippen molar-refractivity contribution in [3.05, 3.63) is 51.6 Å². The topological polar surface area (TPSA) is 151 Å². The molecule has 0 aromatic heterocycles. The van der Waals surface area contributed by atoms with Gasteiger partial charge in [-0.1, -0.05) is 0 Å². The number of nitro benzene ring substituents is 1. The van der Waals surface area contributed by atoms with Crippen molar-refractivity contribution in [1.29, 1.82) is 0 Å². The third-order valence-corrected chi connectivity index (χ3v) is 5.67. The van der Waals surface area contributed by atoms with E-state index in [-0.39, 0.29) is 41.7 Å². The zero-order valence-electron chi connectivity index (χ0n) is 23.2. The van der Waals surface area contributed by atoms with E-state index in [1.54, 1.807) is 18.2 Å². The Morgan fingerprint density at radius 2 is 1.00 bits per heavy atom. The fraction of sp³-hybridized carbons (Fsp3) is 0.500. The molecule has 0 spiro atoms. The first-order valence-electron chi connectivity index (χ1n) is 13.2. The van der Waals surface area contributed by atoms with Crippen LogP contribution in [0.2, 0.25) is 0 Å². The third-order valence-electron chi connectivity index (χ3n) is 5.67. The summed E-state index contributed by atoms with van der Waals surface area (Å²) < 4.78 is 43.5. The normalized spacial score (nSPS) is 16.6. The first-order valence-corrected chi connectivity index (χ1v) is 13.2. The molecular formula is C28H35NO12. The summed E-state index contributed by atoms with van der Waals surface area (Å²) in [7, 11) is 0. The standard InChI is InChI=1S/C14H17NO7.C14H18O5/c1-10(16)11-8-13-14(9-12(11)15(17)18)22-7-5-20-3-2-19-4-6-21-13;1-11(15)12-2-3-13-14(10-12)19-9-7-17-5-4-16-6-8-18-13/h8-9H,2-7H2,1H3;2-3,10H,4-9H2,1H3. The van der Waals surface area contributed by atoms with Crippen LogP contribution in [-0.2, 0) is 18.9 Å². The van der Waals surface area contributed by atoms with Gasteiger partial charge < -0.3 is 37.9 Å².